The summed E-state index contributed by atoms with van der Waals surface area (Å²) in [5.74, 6) is 1.36. The minimum atomic E-state index is -0.0720. The molecule has 0 aliphatic rings. The van der Waals surface area contributed by atoms with Crippen molar-refractivity contribution in [2.24, 2.45) is 0 Å². The Hall–Kier alpha value is -0.680. The summed E-state index contributed by atoms with van der Waals surface area (Å²) in [6.45, 7) is 8.92. The summed E-state index contributed by atoms with van der Waals surface area (Å²) in [5.41, 5.74) is 6.77. The molecule has 0 radical (unpaired) electrons. The molecule has 0 aromatic carbocycles. The average molecular weight is 302 g/mol. The second-order valence-corrected chi connectivity index (χ2v) is 6.03. The Labute approximate surface area is 111 Å². The van der Waals surface area contributed by atoms with Gasteiger partial charge in [-0.3, -0.25) is 0 Å². The fraction of sp³-hybridized carbons (Fsp3) is 0.667. The monoisotopic (exact) mass is 301 g/mol. The molecule has 96 valence electrons. The van der Waals surface area contributed by atoms with E-state index in [9.17, 15) is 0 Å². The van der Waals surface area contributed by atoms with Crippen molar-refractivity contribution in [1.29, 1.82) is 0 Å². The molecule has 0 amide bonds. The predicted molar refractivity (Wildman–Crippen MR) is 73.1 cm³/mol. The lowest BCUT2D eigenvalue weighted by Crippen LogP contribution is -2.19. The Morgan fingerprint density at radius 1 is 1.35 bits per heavy atom. The molecule has 17 heavy (non-hydrogen) atoms. The number of hydrogen-bond donors (Lipinski definition) is 1. The number of nitrogens with two attached hydrogens (primary N) is 1. The minimum Gasteiger partial charge on any atom is -0.384 e. The number of anilines is 1. The maximum absolute atomic E-state index is 5.91. The van der Waals surface area contributed by atoms with Crippen LogP contribution in [0, 0.1) is 0 Å². The molecule has 2 N–H and O–H groups in total. The first-order valence-corrected chi connectivity index (χ1v) is 6.39. The van der Waals surface area contributed by atoms with E-state index in [-0.39, 0.29) is 11.3 Å². The van der Waals surface area contributed by atoms with E-state index in [2.05, 4.69) is 46.7 Å². The summed E-state index contributed by atoms with van der Waals surface area (Å²) in [6.07, 6.45) is 0. The van der Waals surface area contributed by atoms with Crippen molar-refractivity contribution in [2.45, 2.75) is 39.0 Å². The quantitative estimate of drug-likeness (QED) is 0.932. The molecule has 0 fully saturated rings. The van der Waals surface area contributed by atoms with Gasteiger partial charge in [-0.15, -0.1) is 0 Å². The lowest BCUT2D eigenvalue weighted by molar-refractivity contribution is 0.181. The fourth-order valence-electron chi connectivity index (χ4n) is 1.52. The van der Waals surface area contributed by atoms with Gasteiger partial charge in [0.05, 0.1) is 16.8 Å². The number of halogens is 1. The number of ether oxygens (including phenoxy) is 1. The molecule has 0 aliphatic carbocycles. The van der Waals surface area contributed by atoms with Gasteiger partial charge < -0.3 is 10.5 Å². The Morgan fingerprint density at radius 3 is 2.41 bits per heavy atom. The van der Waals surface area contributed by atoms with Gasteiger partial charge in [-0.1, -0.05) is 27.7 Å². The molecule has 0 saturated heterocycles. The van der Waals surface area contributed by atoms with Crippen LogP contribution in [-0.2, 0) is 10.2 Å². The van der Waals surface area contributed by atoms with Gasteiger partial charge in [-0.05, 0) is 15.9 Å². The summed E-state index contributed by atoms with van der Waals surface area (Å²) in [4.78, 5) is 8.91. The van der Waals surface area contributed by atoms with Crippen molar-refractivity contribution in [3.8, 4) is 0 Å². The van der Waals surface area contributed by atoms with Crippen molar-refractivity contribution in [2.75, 3.05) is 19.5 Å². The Balaban J connectivity index is 3.24. The largest absolute Gasteiger partial charge is 0.384 e. The Kier molecular flexibility index (Phi) is 4.49. The molecule has 0 aliphatic heterocycles. The summed E-state index contributed by atoms with van der Waals surface area (Å²) in [5, 5.41) is 0. The lowest BCUT2D eigenvalue weighted by atomic mass is 9.91. The van der Waals surface area contributed by atoms with Gasteiger partial charge >= 0.3 is 0 Å². The number of nitrogens with zero attached hydrogens (tertiary/aromatic N) is 2. The zero-order valence-corrected chi connectivity index (χ0v) is 12.6. The average Bonchev–Trinajstić information content (AvgIpc) is 2.20. The molecule has 0 spiro atoms. The zero-order chi connectivity index (χ0) is 13.2. The zero-order valence-electron chi connectivity index (χ0n) is 11.0. The second-order valence-electron chi connectivity index (χ2n) is 5.24. The SMILES string of the molecule is COCC(C)c1nc(N)c(Br)c(C(C)(C)C)n1. The highest BCUT2D eigenvalue weighted by Gasteiger charge is 2.23. The topological polar surface area (TPSA) is 61.0 Å². The van der Waals surface area contributed by atoms with Crippen LogP contribution < -0.4 is 5.73 Å². The van der Waals surface area contributed by atoms with E-state index >= 15 is 0 Å². The summed E-state index contributed by atoms with van der Waals surface area (Å²) < 4.78 is 5.91. The Morgan fingerprint density at radius 2 is 1.94 bits per heavy atom. The van der Waals surface area contributed by atoms with Crippen LogP contribution >= 0.6 is 15.9 Å². The van der Waals surface area contributed by atoms with E-state index in [4.69, 9.17) is 10.5 Å². The van der Waals surface area contributed by atoms with E-state index in [0.717, 1.165) is 16.0 Å². The highest BCUT2D eigenvalue weighted by Crippen LogP contribution is 2.32. The molecule has 1 aromatic rings. The van der Waals surface area contributed by atoms with Crippen LogP contribution in [0.3, 0.4) is 0 Å². The molecule has 4 nitrogen and oxygen atoms in total. The van der Waals surface area contributed by atoms with Crippen LogP contribution in [0.4, 0.5) is 5.82 Å². The predicted octanol–water partition coefficient (Wildman–Crippen LogP) is 2.87. The standard InChI is InChI=1S/C12H20BrN3O/c1-7(6-17-5)11-15-9(12(2,3)4)8(13)10(14)16-11/h7H,6H2,1-5H3,(H2,14,15,16). The normalized spacial score (nSPS) is 13.8. The van der Waals surface area contributed by atoms with Crippen molar-refractivity contribution in [3.63, 3.8) is 0 Å². The minimum absolute atomic E-state index is 0.0720. The van der Waals surface area contributed by atoms with Crippen molar-refractivity contribution < 1.29 is 4.74 Å². The molecule has 1 aromatic heterocycles. The van der Waals surface area contributed by atoms with Crippen LogP contribution in [0.25, 0.3) is 0 Å². The van der Waals surface area contributed by atoms with Crippen LogP contribution in [0.1, 0.15) is 45.1 Å². The first-order valence-electron chi connectivity index (χ1n) is 5.59. The van der Waals surface area contributed by atoms with Gasteiger partial charge in [0.1, 0.15) is 11.6 Å². The Bertz CT molecular complexity index is 401. The second kappa shape index (κ2) is 5.31. The van der Waals surface area contributed by atoms with Crippen LogP contribution in [0.5, 0.6) is 0 Å². The van der Waals surface area contributed by atoms with Gasteiger partial charge in [0.2, 0.25) is 0 Å². The smallest absolute Gasteiger partial charge is 0.141 e. The highest BCUT2D eigenvalue weighted by molar-refractivity contribution is 9.10. The summed E-state index contributed by atoms with van der Waals surface area (Å²) in [6, 6.07) is 0. The molecular formula is C12H20BrN3O. The van der Waals surface area contributed by atoms with Crippen LogP contribution in [0.2, 0.25) is 0 Å². The van der Waals surface area contributed by atoms with Gasteiger partial charge in [-0.25, -0.2) is 9.97 Å². The molecule has 0 saturated carbocycles. The molecular weight excluding hydrogens is 282 g/mol. The van der Waals surface area contributed by atoms with E-state index in [0.29, 0.717) is 12.4 Å². The van der Waals surface area contributed by atoms with Crippen molar-refractivity contribution >= 4 is 21.7 Å². The van der Waals surface area contributed by atoms with E-state index < -0.39 is 0 Å². The van der Waals surface area contributed by atoms with E-state index in [1.807, 2.05) is 6.92 Å². The van der Waals surface area contributed by atoms with Gasteiger partial charge in [-0.2, -0.15) is 0 Å². The van der Waals surface area contributed by atoms with E-state index in [1.165, 1.54) is 0 Å². The fourth-order valence-corrected chi connectivity index (χ4v) is 2.30. The third-order valence-corrected chi connectivity index (χ3v) is 3.24. The van der Waals surface area contributed by atoms with Gasteiger partial charge in [0.25, 0.3) is 0 Å². The van der Waals surface area contributed by atoms with E-state index in [1.54, 1.807) is 7.11 Å². The first-order chi connectivity index (χ1) is 7.77. The third kappa shape index (κ3) is 3.39. The van der Waals surface area contributed by atoms with Crippen molar-refractivity contribution in [3.05, 3.63) is 16.0 Å². The number of hydrogen-bond acceptors (Lipinski definition) is 4. The maximum Gasteiger partial charge on any atom is 0.141 e. The molecule has 0 bridgehead atoms. The third-order valence-electron chi connectivity index (χ3n) is 2.46. The maximum atomic E-state index is 5.91. The van der Waals surface area contributed by atoms with Gasteiger partial charge in [0.15, 0.2) is 0 Å². The van der Waals surface area contributed by atoms with Crippen LogP contribution in [-0.4, -0.2) is 23.7 Å². The first kappa shape index (κ1) is 14.4. The highest BCUT2D eigenvalue weighted by atomic mass is 79.9. The number of aromatic nitrogens is 2. The van der Waals surface area contributed by atoms with Crippen molar-refractivity contribution in [1.82, 2.24) is 9.97 Å². The summed E-state index contributed by atoms with van der Waals surface area (Å²) in [7, 11) is 1.67. The summed E-state index contributed by atoms with van der Waals surface area (Å²) >= 11 is 3.46. The van der Waals surface area contributed by atoms with Gasteiger partial charge in [0, 0.05) is 18.4 Å². The molecule has 5 heteroatoms. The number of rotatable bonds is 3. The molecule has 1 heterocycles. The lowest BCUT2D eigenvalue weighted by Gasteiger charge is -2.22. The molecule has 1 atom stereocenters. The number of methoxy groups -OCH3 is 1. The number of nitrogen functional groups attached to an aromatic ring is 1. The molecule has 1 rings (SSSR count). The molecule has 1 unspecified atom stereocenters. The van der Waals surface area contributed by atoms with Crippen LogP contribution in [0.15, 0.2) is 4.47 Å².